The van der Waals surface area contributed by atoms with E-state index < -0.39 is 6.04 Å². The molecule has 1 heterocycles. The van der Waals surface area contributed by atoms with Crippen LogP contribution < -0.4 is 5.73 Å². The van der Waals surface area contributed by atoms with E-state index in [4.69, 9.17) is 10.5 Å². The smallest absolute Gasteiger partial charge is 0.239 e. The van der Waals surface area contributed by atoms with Crippen molar-refractivity contribution in [1.29, 1.82) is 0 Å². The van der Waals surface area contributed by atoms with Crippen molar-refractivity contribution in [2.45, 2.75) is 31.9 Å². The van der Waals surface area contributed by atoms with Crippen LogP contribution in [0, 0.1) is 0 Å². The Hall–Kier alpha value is -0.870. The van der Waals surface area contributed by atoms with Gasteiger partial charge < -0.3 is 15.4 Å². The molecule has 0 aromatic heterocycles. The zero-order valence-electron chi connectivity index (χ0n) is 9.32. The van der Waals surface area contributed by atoms with Crippen molar-refractivity contribution in [3.63, 3.8) is 0 Å². The van der Waals surface area contributed by atoms with Crippen LogP contribution in [0.1, 0.15) is 19.8 Å². The van der Waals surface area contributed by atoms with Gasteiger partial charge in [0, 0.05) is 19.7 Å². The Morgan fingerprint density at radius 3 is 3.20 bits per heavy atom. The third-order valence-electron chi connectivity index (χ3n) is 2.50. The first-order valence-corrected chi connectivity index (χ1v) is 5.42. The molecule has 2 unspecified atom stereocenters. The molecule has 1 saturated heterocycles. The van der Waals surface area contributed by atoms with Gasteiger partial charge in [-0.05, 0) is 19.8 Å². The zero-order chi connectivity index (χ0) is 11.3. The van der Waals surface area contributed by atoms with Gasteiger partial charge in [0.25, 0.3) is 0 Å². The first-order chi connectivity index (χ1) is 7.15. The number of rotatable bonds is 3. The zero-order valence-corrected chi connectivity index (χ0v) is 9.32. The van der Waals surface area contributed by atoms with E-state index in [-0.39, 0.29) is 12.0 Å². The summed E-state index contributed by atoms with van der Waals surface area (Å²) in [5.74, 6) is 0.00671. The second kappa shape index (κ2) is 5.88. The summed E-state index contributed by atoms with van der Waals surface area (Å²) in [6, 6.07) is -0.451. The molecular weight excluding hydrogens is 192 g/mol. The van der Waals surface area contributed by atoms with Gasteiger partial charge in [0.15, 0.2) is 0 Å². The molecule has 15 heavy (non-hydrogen) atoms. The standard InChI is InChI=1S/C11H20N2O2/c1-3-5-10(12)11(14)13-6-4-7-15-9(2)8-13/h3,9-10H,1,4-8,12H2,2H3. The SMILES string of the molecule is C=CCC(N)C(=O)N1CCCOC(C)C1. The predicted molar refractivity (Wildman–Crippen MR) is 59.4 cm³/mol. The second-order valence-corrected chi connectivity index (χ2v) is 3.95. The molecule has 1 rings (SSSR count). The average Bonchev–Trinajstić information content (AvgIpc) is 2.42. The number of carbonyl (C=O) groups is 1. The Balaban J connectivity index is 2.52. The lowest BCUT2D eigenvalue weighted by molar-refractivity contribution is -0.133. The van der Waals surface area contributed by atoms with E-state index in [2.05, 4.69) is 6.58 Å². The fraction of sp³-hybridized carbons (Fsp3) is 0.727. The molecule has 0 aliphatic carbocycles. The van der Waals surface area contributed by atoms with Crippen LogP contribution in [0.4, 0.5) is 0 Å². The maximum Gasteiger partial charge on any atom is 0.239 e. The van der Waals surface area contributed by atoms with Gasteiger partial charge in [-0.15, -0.1) is 6.58 Å². The second-order valence-electron chi connectivity index (χ2n) is 3.95. The predicted octanol–water partition coefficient (Wildman–Crippen LogP) is 0.527. The van der Waals surface area contributed by atoms with E-state index in [0.29, 0.717) is 13.0 Å². The Morgan fingerprint density at radius 2 is 2.53 bits per heavy atom. The van der Waals surface area contributed by atoms with E-state index in [1.807, 2.05) is 6.92 Å². The minimum absolute atomic E-state index is 0.00671. The first kappa shape index (κ1) is 12.2. The maximum atomic E-state index is 11.9. The molecule has 1 amide bonds. The lowest BCUT2D eigenvalue weighted by Gasteiger charge is -2.24. The Bertz CT molecular complexity index is 231. The molecule has 0 radical (unpaired) electrons. The highest BCUT2D eigenvalue weighted by molar-refractivity contribution is 5.81. The number of ether oxygens (including phenoxy) is 1. The van der Waals surface area contributed by atoms with E-state index in [1.165, 1.54) is 0 Å². The van der Waals surface area contributed by atoms with Crippen LogP contribution in [0.15, 0.2) is 12.7 Å². The van der Waals surface area contributed by atoms with Crippen molar-refractivity contribution < 1.29 is 9.53 Å². The van der Waals surface area contributed by atoms with Gasteiger partial charge in [-0.2, -0.15) is 0 Å². The highest BCUT2D eigenvalue weighted by Gasteiger charge is 2.23. The molecule has 0 aromatic rings. The summed E-state index contributed by atoms with van der Waals surface area (Å²) < 4.78 is 5.47. The van der Waals surface area contributed by atoms with Crippen molar-refractivity contribution in [1.82, 2.24) is 4.90 Å². The van der Waals surface area contributed by atoms with Crippen molar-refractivity contribution >= 4 is 5.91 Å². The largest absolute Gasteiger partial charge is 0.377 e. The van der Waals surface area contributed by atoms with Gasteiger partial charge in [0.2, 0.25) is 5.91 Å². The lowest BCUT2D eigenvalue weighted by Crippen LogP contribution is -2.45. The minimum Gasteiger partial charge on any atom is -0.377 e. The monoisotopic (exact) mass is 212 g/mol. The summed E-state index contributed by atoms with van der Waals surface area (Å²) in [6.45, 7) is 7.67. The third kappa shape index (κ3) is 3.64. The van der Waals surface area contributed by atoms with Crippen molar-refractivity contribution in [3.8, 4) is 0 Å². The van der Waals surface area contributed by atoms with Crippen LogP contribution in [0.2, 0.25) is 0 Å². The van der Waals surface area contributed by atoms with Gasteiger partial charge in [0.1, 0.15) is 0 Å². The summed E-state index contributed by atoms with van der Waals surface area (Å²) in [4.78, 5) is 13.7. The summed E-state index contributed by atoms with van der Waals surface area (Å²) in [7, 11) is 0. The third-order valence-corrected chi connectivity index (χ3v) is 2.50. The molecular formula is C11H20N2O2. The Morgan fingerprint density at radius 1 is 1.80 bits per heavy atom. The molecule has 0 saturated carbocycles. The van der Waals surface area contributed by atoms with Crippen molar-refractivity contribution in [3.05, 3.63) is 12.7 Å². The normalized spacial score (nSPS) is 24.4. The maximum absolute atomic E-state index is 11.9. The van der Waals surface area contributed by atoms with Crippen molar-refractivity contribution in [2.24, 2.45) is 5.73 Å². The lowest BCUT2D eigenvalue weighted by atomic mass is 10.2. The molecule has 0 spiro atoms. The quantitative estimate of drug-likeness (QED) is 0.694. The van der Waals surface area contributed by atoms with Gasteiger partial charge >= 0.3 is 0 Å². The van der Waals surface area contributed by atoms with Crippen LogP contribution >= 0.6 is 0 Å². The molecule has 1 aliphatic rings. The Labute approximate surface area is 91.1 Å². The minimum atomic E-state index is -0.451. The van der Waals surface area contributed by atoms with Crippen LogP contribution in [0.3, 0.4) is 0 Å². The number of hydrogen-bond acceptors (Lipinski definition) is 3. The molecule has 4 nitrogen and oxygen atoms in total. The molecule has 2 atom stereocenters. The molecule has 86 valence electrons. The number of carbonyl (C=O) groups excluding carboxylic acids is 1. The van der Waals surface area contributed by atoms with E-state index in [0.717, 1.165) is 19.6 Å². The van der Waals surface area contributed by atoms with Gasteiger partial charge in [-0.25, -0.2) is 0 Å². The fourth-order valence-electron chi connectivity index (χ4n) is 1.71. The van der Waals surface area contributed by atoms with Gasteiger partial charge in [0.05, 0.1) is 12.1 Å². The highest BCUT2D eigenvalue weighted by atomic mass is 16.5. The van der Waals surface area contributed by atoms with Crippen LogP contribution in [-0.4, -0.2) is 42.6 Å². The molecule has 4 heteroatoms. The van der Waals surface area contributed by atoms with Crippen LogP contribution in [0.25, 0.3) is 0 Å². The number of nitrogens with two attached hydrogens (primary N) is 1. The summed E-state index contributed by atoms with van der Waals surface area (Å²) in [5.41, 5.74) is 5.75. The fourth-order valence-corrected chi connectivity index (χ4v) is 1.71. The number of amides is 1. The topological polar surface area (TPSA) is 55.6 Å². The van der Waals surface area contributed by atoms with Crippen LogP contribution in [-0.2, 0) is 9.53 Å². The van der Waals surface area contributed by atoms with E-state index in [1.54, 1.807) is 11.0 Å². The summed E-state index contributed by atoms with van der Waals surface area (Å²) in [5, 5.41) is 0. The summed E-state index contributed by atoms with van der Waals surface area (Å²) >= 11 is 0. The van der Waals surface area contributed by atoms with E-state index >= 15 is 0 Å². The van der Waals surface area contributed by atoms with E-state index in [9.17, 15) is 4.79 Å². The van der Waals surface area contributed by atoms with Crippen LogP contribution in [0.5, 0.6) is 0 Å². The number of hydrogen-bond donors (Lipinski definition) is 1. The highest BCUT2D eigenvalue weighted by Crippen LogP contribution is 2.07. The average molecular weight is 212 g/mol. The first-order valence-electron chi connectivity index (χ1n) is 5.42. The molecule has 0 aromatic carbocycles. The molecule has 0 bridgehead atoms. The molecule has 1 aliphatic heterocycles. The van der Waals surface area contributed by atoms with Gasteiger partial charge in [-0.1, -0.05) is 6.08 Å². The molecule has 2 N–H and O–H groups in total. The van der Waals surface area contributed by atoms with Crippen molar-refractivity contribution in [2.75, 3.05) is 19.7 Å². The number of nitrogens with zero attached hydrogens (tertiary/aromatic N) is 1. The van der Waals surface area contributed by atoms with Gasteiger partial charge in [-0.3, -0.25) is 4.79 Å². The Kier molecular flexibility index (Phi) is 4.78. The molecule has 1 fully saturated rings. The summed E-state index contributed by atoms with van der Waals surface area (Å²) in [6.07, 6.45) is 3.20.